The van der Waals surface area contributed by atoms with Gasteiger partial charge in [0, 0.05) is 12.5 Å². The summed E-state index contributed by atoms with van der Waals surface area (Å²) in [7, 11) is 0. The smallest absolute Gasteiger partial charge is 0.220 e. The van der Waals surface area contributed by atoms with Gasteiger partial charge in [-0.1, -0.05) is 0 Å². The molecule has 14 heavy (non-hydrogen) atoms. The first-order valence-electron chi connectivity index (χ1n) is 4.46. The number of amides is 1. The van der Waals surface area contributed by atoms with Gasteiger partial charge in [0.2, 0.25) is 5.91 Å². The molecule has 0 aliphatic carbocycles. The van der Waals surface area contributed by atoms with Crippen LogP contribution in [0.3, 0.4) is 0 Å². The fourth-order valence-corrected chi connectivity index (χ4v) is 2.05. The van der Waals surface area contributed by atoms with Crippen LogP contribution in [-0.4, -0.2) is 11.9 Å². The highest BCUT2D eigenvalue weighted by Crippen LogP contribution is 2.29. The van der Waals surface area contributed by atoms with Crippen LogP contribution in [0.25, 0.3) is 0 Å². The maximum absolute atomic E-state index is 11.2. The maximum Gasteiger partial charge on any atom is 0.220 e. The van der Waals surface area contributed by atoms with E-state index in [-0.39, 0.29) is 18.0 Å². The molecule has 1 aromatic rings. The molecule has 4 nitrogen and oxygen atoms in total. The van der Waals surface area contributed by atoms with E-state index >= 15 is 0 Å². The quantitative estimate of drug-likeness (QED) is 0.799. The second kappa shape index (κ2) is 3.74. The van der Waals surface area contributed by atoms with Crippen molar-refractivity contribution >= 4 is 21.8 Å². The second-order valence-electron chi connectivity index (χ2n) is 3.38. The van der Waals surface area contributed by atoms with Crippen LogP contribution in [0.2, 0.25) is 0 Å². The van der Waals surface area contributed by atoms with Crippen molar-refractivity contribution in [2.45, 2.75) is 24.9 Å². The molecule has 76 valence electrons. The zero-order valence-electron chi connectivity index (χ0n) is 7.50. The van der Waals surface area contributed by atoms with Crippen LogP contribution in [0.4, 0.5) is 0 Å². The van der Waals surface area contributed by atoms with E-state index in [1.807, 2.05) is 0 Å². The van der Waals surface area contributed by atoms with E-state index in [2.05, 4.69) is 21.2 Å². The molecule has 1 saturated heterocycles. The van der Waals surface area contributed by atoms with Crippen LogP contribution in [0.5, 0.6) is 0 Å². The Morgan fingerprint density at radius 1 is 1.64 bits per heavy atom. The van der Waals surface area contributed by atoms with E-state index in [4.69, 9.17) is 10.2 Å². The Hall–Kier alpha value is -0.810. The molecule has 2 unspecified atom stereocenters. The molecule has 1 aliphatic heterocycles. The minimum Gasteiger partial charge on any atom is -0.466 e. The molecular weight excluding hydrogens is 248 g/mol. The number of carbonyl (C=O) groups is 1. The lowest BCUT2D eigenvalue weighted by atomic mass is 9.97. The zero-order chi connectivity index (χ0) is 10.1. The molecule has 0 saturated carbocycles. The Kier molecular flexibility index (Phi) is 2.60. The molecule has 1 aliphatic rings. The van der Waals surface area contributed by atoms with E-state index in [1.165, 1.54) is 0 Å². The van der Waals surface area contributed by atoms with E-state index in [0.717, 1.165) is 4.47 Å². The number of nitrogens with one attached hydrogen (secondary N) is 1. The average Bonchev–Trinajstić information content (AvgIpc) is 2.56. The number of hydrogen-bond acceptors (Lipinski definition) is 3. The summed E-state index contributed by atoms with van der Waals surface area (Å²) < 4.78 is 6.13. The summed E-state index contributed by atoms with van der Waals surface area (Å²) in [5.41, 5.74) is 5.91. The summed E-state index contributed by atoms with van der Waals surface area (Å²) in [6.45, 7) is 0. The highest BCUT2D eigenvalue weighted by Gasteiger charge is 2.30. The van der Waals surface area contributed by atoms with Gasteiger partial charge in [-0.25, -0.2) is 0 Å². The standard InChI is InChI=1S/C9H11BrN2O2/c10-5-3-4-14-9(5)8-6(11)1-2-7(13)12-8/h3-4,6,8H,1-2,11H2,(H,12,13). The minimum atomic E-state index is -0.208. The van der Waals surface area contributed by atoms with Crippen LogP contribution in [0, 0.1) is 0 Å². The zero-order valence-corrected chi connectivity index (χ0v) is 9.08. The molecule has 0 aromatic carbocycles. The van der Waals surface area contributed by atoms with Crippen molar-refractivity contribution in [2.24, 2.45) is 5.73 Å². The highest BCUT2D eigenvalue weighted by molar-refractivity contribution is 9.10. The first kappa shape index (κ1) is 9.73. The van der Waals surface area contributed by atoms with Gasteiger partial charge in [-0.05, 0) is 28.4 Å². The second-order valence-corrected chi connectivity index (χ2v) is 4.23. The Bertz CT molecular complexity index is 350. The first-order valence-corrected chi connectivity index (χ1v) is 5.25. The normalized spacial score (nSPS) is 27.4. The van der Waals surface area contributed by atoms with Gasteiger partial charge in [0.15, 0.2) is 0 Å². The topological polar surface area (TPSA) is 68.3 Å². The molecular formula is C9H11BrN2O2. The lowest BCUT2D eigenvalue weighted by Gasteiger charge is -2.28. The van der Waals surface area contributed by atoms with Crippen LogP contribution in [0.15, 0.2) is 21.2 Å². The van der Waals surface area contributed by atoms with Gasteiger partial charge in [-0.15, -0.1) is 0 Å². The summed E-state index contributed by atoms with van der Waals surface area (Å²) in [6.07, 6.45) is 2.77. The van der Waals surface area contributed by atoms with Gasteiger partial charge in [0.1, 0.15) is 11.8 Å². The summed E-state index contributed by atoms with van der Waals surface area (Å²) >= 11 is 3.35. The van der Waals surface area contributed by atoms with Crippen LogP contribution in [0.1, 0.15) is 24.6 Å². The van der Waals surface area contributed by atoms with Crippen LogP contribution >= 0.6 is 15.9 Å². The first-order chi connectivity index (χ1) is 6.68. The molecule has 0 radical (unpaired) electrons. The van der Waals surface area contributed by atoms with Crippen LogP contribution < -0.4 is 11.1 Å². The van der Waals surface area contributed by atoms with Gasteiger partial charge >= 0.3 is 0 Å². The van der Waals surface area contributed by atoms with Crippen molar-refractivity contribution in [2.75, 3.05) is 0 Å². The third-order valence-electron chi connectivity index (χ3n) is 2.38. The monoisotopic (exact) mass is 258 g/mol. The lowest BCUT2D eigenvalue weighted by Crippen LogP contribution is -2.45. The number of nitrogens with two attached hydrogens (primary N) is 1. The number of rotatable bonds is 1. The van der Waals surface area contributed by atoms with E-state index in [9.17, 15) is 4.79 Å². The molecule has 0 spiro atoms. The van der Waals surface area contributed by atoms with Crippen molar-refractivity contribution < 1.29 is 9.21 Å². The number of carbonyl (C=O) groups excluding carboxylic acids is 1. The van der Waals surface area contributed by atoms with Gasteiger partial charge in [-0.3, -0.25) is 4.79 Å². The van der Waals surface area contributed by atoms with Gasteiger partial charge in [-0.2, -0.15) is 0 Å². The number of hydrogen-bond donors (Lipinski definition) is 2. The van der Waals surface area contributed by atoms with Gasteiger partial charge in [0.25, 0.3) is 0 Å². The molecule has 2 heterocycles. The summed E-state index contributed by atoms with van der Waals surface area (Å²) in [5, 5.41) is 2.82. The molecule has 1 fully saturated rings. The molecule has 2 atom stereocenters. The van der Waals surface area contributed by atoms with Gasteiger partial charge < -0.3 is 15.5 Å². The lowest BCUT2D eigenvalue weighted by molar-refractivity contribution is -0.123. The number of halogens is 1. The molecule has 1 aromatic heterocycles. The third kappa shape index (κ3) is 1.69. The van der Waals surface area contributed by atoms with Crippen LogP contribution in [-0.2, 0) is 4.79 Å². The predicted molar refractivity (Wildman–Crippen MR) is 54.5 cm³/mol. The van der Waals surface area contributed by atoms with Gasteiger partial charge in [0.05, 0.1) is 10.7 Å². The Morgan fingerprint density at radius 3 is 3.07 bits per heavy atom. The summed E-state index contributed by atoms with van der Waals surface area (Å²) in [4.78, 5) is 11.2. The predicted octanol–water partition coefficient (Wildman–Crippen LogP) is 1.32. The molecule has 5 heteroatoms. The highest BCUT2D eigenvalue weighted by atomic mass is 79.9. The van der Waals surface area contributed by atoms with Crippen molar-refractivity contribution in [1.29, 1.82) is 0 Å². The molecule has 2 rings (SSSR count). The van der Waals surface area contributed by atoms with Crippen molar-refractivity contribution in [3.05, 3.63) is 22.6 Å². The third-order valence-corrected chi connectivity index (χ3v) is 3.03. The fourth-order valence-electron chi connectivity index (χ4n) is 1.60. The van der Waals surface area contributed by atoms with E-state index in [1.54, 1.807) is 12.3 Å². The molecule has 1 amide bonds. The van der Waals surface area contributed by atoms with E-state index in [0.29, 0.717) is 18.6 Å². The van der Waals surface area contributed by atoms with Crippen molar-refractivity contribution in [3.8, 4) is 0 Å². The SMILES string of the molecule is NC1CCC(=O)NC1c1occc1Br. The van der Waals surface area contributed by atoms with E-state index < -0.39 is 0 Å². The Balaban J connectivity index is 2.24. The maximum atomic E-state index is 11.2. The number of piperidine rings is 1. The average molecular weight is 259 g/mol. The molecule has 3 N–H and O–H groups in total. The fraction of sp³-hybridized carbons (Fsp3) is 0.444. The minimum absolute atomic E-state index is 0.0278. The number of furan rings is 1. The van der Waals surface area contributed by atoms with Crippen molar-refractivity contribution in [1.82, 2.24) is 5.32 Å². The largest absolute Gasteiger partial charge is 0.466 e. The Morgan fingerprint density at radius 2 is 2.43 bits per heavy atom. The molecule has 0 bridgehead atoms. The summed E-state index contributed by atoms with van der Waals surface area (Å²) in [5.74, 6) is 0.727. The summed E-state index contributed by atoms with van der Waals surface area (Å²) in [6, 6.07) is 1.51. The Labute approximate surface area is 90.0 Å². The van der Waals surface area contributed by atoms with Crippen molar-refractivity contribution in [3.63, 3.8) is 0 Å².